The summed E-state index contributed by atoms with van der Waals surface area (Å²) in [5.74, 6) is 0. The minimum Gasteiger partial charge on any atom is -0.323 e. The first-order valence-electron chi connectivity index (χ1n) is 4.64. The molecule has 16 heavy (non-hydrogen) atoms. The van der Waals surface area contributed by atoms with Crippen molar-refractivity contribution in [1.29, 1.82) is 0 Å². The topological polar surface area (TPSA) is 51.8 Å². The van der Waals surface area contributed by atoms with E-state index in [9.17, 15) is 0 Å². The summed E-state index contributed by atoms with van der Waals surface area (Å²) in [5, 5.41) is 5.03. The molecule has 0 radical (unpaired) electrons. The van der Waals surface area contributed by atoms with Crippen LogP contribution in [-0.2, 0) is 6.42 Å². The van der Waals surface area contributed by atoms with Gasteiger partial charge < -0.3 is 5.73 Å². The Morgan fingerprint density at radius 1 is 1.31 bits per heavy atom. The van der Waals surface area contributed by atoms with Crippen LogP contribution in [0.5, 0.6) is 0 Å². The van der Waals surface area contributed by atoms with Gasteiger partial charge in [-0.1, -0.05) is 33.8 Å². The molecule has 2 N–H and O–H groups in total. The lowest BCUT2D eigenvalue weighted by Crippen LogP contribution is -2.12. The van der Waals surface area contributed by atoms with Crippen molar-refractivity contribution in [3.63, 3.8) is 0 Å². The first-order chi connectivity index (χ1) is 7.68. The molecule has 0 saturated heterocycles. The Morgan fingerprint density at radius 2 is 2.00 bits per heavy atom. The van der Waals surface area contributed by atoms with Crippen LogP contribution in [0.15, 0.2) is 24.4 Å². The molecule has 0 saturated carbocycles. The van der Waals surface area contributed by atoms with Gasteiger partial charge in [-0.25, -0.2) is 0 Å². The van der Waals surface area contributed by atoms with E-state index in [4.69, 9.17) is 28.9 Å². The summed E-state index contributed by atoms with van der Waals surface area (Å²) in [6.45, 7) is 0. The van der Waals surface area contributed by atoms with Crippen LogP contribution < -0.4 is 5.73 Å². The molecule has 0 spiro atoms. The highest BCUT2D eigenvalue weighted by molar-refractivity contribution is 7.05. The monoisotopic (exact) mass is 273 g/mol. The van der Waals surface area contributed by atoms with Gasteiger partial charge in [0.25, 0.3) is 0 Å². The maximum Gasteiger partial charge on any atom is 0.0669 e. The van der Waals surface area contributed by atoms with Gasteiger partial charge in [-0.05, 0) is 35.6 Å². The Labute approximate surface area is 107 Å². The zero-order valence-corrected chi connectivity index (χ0v) is 10.6. The van der Waals surface area contributed by atoms with Gasteiger partial charge in [0.2, 0.25) is 0 Å². The van der Waals surface area contributed by atoms with Crippen LogP contribution in [-0.4, -0.2) is 9.59 Å². The fraction of sp³-hybridized carbons (Fsp3) is 0.200. The van der Waals surface area contributed by atoms with Crippen molar-refractivity contribution >= 4 is 34.7 Å². The second-order valence-corrected chi connectivity index (χ2v) is 4.96. The number of hydrogen-bond donors (Lipinski definition) is 1. The van der Waals surface area contributed by atoms with E-state index >= 15 is 0 Å². The predicted molar refractivity (Wildman–Crippen MR) is 67.0 cm³/mol. The van der Waals surface area contributed by atoms with Crippen LogP contribution in [0.1, 0.15) is 16.5 Å². The summed E-state index contributed by atoms with van der Waals surface area (Å²) >= 11 is 13.4. The van der Waals surface area contributed by atoms with Crippen molar-refractivity contribution in [3.8, 4) is 0 Å². The van der Waals surface area contributed by atoms with Crippen molar-refractivity contribution in [1.82, 2.24) is 9.59 Å². The third-order valence-electron chi connectivity index (χ3n) is 2.23. The van der Waals surface area contributed by atoms with E-state index < -0.39 is 0 Å². The van der Waals surface area contributed by atoms with E-state index in [0.29, 0.717) is 16.5 Å². The number of rotatable bonds is 3. The second kappa shape index (κ2) is 5.10. The largest absolute Gasteiger partial charge is 0.323 e. The average molecular weight is 274 g/mol. The molecule has 0 amide bonds. The molecule has 1 heterocycles. The van der Waals surface area contributed by atoms with E-state index in [0.717, 1.165) is 10.4 Å². The van der Waals surface area contributed by atoms with E-state index in [-0.39, 0.29) is 6.04 Å². The van der Waals surface area contributed by atoms with Crippen LogP contribution in [0.2, 0.25) is 10.0 Å². The zero-order valence-electron chi connectivity index (χ0n) is 8.23. The van der Waals surface area contributed by atoms with Crippen molar-refractivity contribution in [2.75, 3.05) is 0 Å². The molecule has 0 bridgehead atoms. The molecule has 0 aliphatic heterocycles. The van der Waals surface area contributed by atoms with Crippen LogP contribution in [0.3, 0.4) is 0 Å². The van der Waals surface area contributed by atoms with Crippen molar-refractivity contribution < 1.29 is 0 Å². The molecule has 1 aromatic carbocycles. The summed E-state index contributed by atoms with van der Waals surface area (Å²) in [4.78, 5) is 0.927. The summed E-state index contributed by atoms with van der Waals surface area (Å²) < 4.78 is 3.78. The minimum atomic E-state index is -0.169. The lowest BCUT2D eigenvalue weighted by atomic mass is 10.1. The molecule has 0 aliphatic rings. The minimum absolute atomic E-state index is 0.169. The highest BCUT2D eigenvalue weighted by Gasteiger charge is 2.13. The summed E-state index contributed by atoms with van der Waals surface area (Å²) in [5.41, 5.74) is 6.89. The number of hydrogen-bond acceptors (Lipinski definition) is 4. The quantitative estimate of drug-likeness (QED) is 0.935. The Kier molecular flexibility index (Phi) is 3.76. The number of benzene rings is 1. The first kappa shape index (κ1) is 11.8. The molecule has 1 aromatic heterocycles. The van der Waals surface area contributed by atoms with Gasteiger partial charge >= 0.3 is 0 Å². The lowest BCUT2D eigenvalue weighted by molar-refractivity contribution is 0.734. The predicted octanol–water partition coefficient (Wildman–Crippen LogP) is 3.09. The third kappa shape index (κ3) is 2.52. The molecule has 1 unspecified atom stereocenters. The molecular formula is C10H9Cl2N3S. The number of nitrogens with two attached hydrogens (primary N) is 1. The van der Waals surface area contributed by atoms with Crippen LogP contribution >= 0.6 is 34.7 Å². The number of aromatic nitrogens is 2. The molecule has 3 nitrogen and oxygen atoms in total. The van der Waals surface area contributed by atoms with Crippen LogP contribution in [0, 0.1) is 0 Å². The van der Waals surface area contributed by atoms with Gasteiger partial charge in [0.1, 0.15) is 0 Å². The second-order valence-electron chi connectivity index (χ2n) is 3.33. The summed E-state index contributed by atoms with van der Waals surface area (Å²) in [6, 6.07) is 5.26. The van der Waals surface area contributed by atoms with Crippen molar-refractivity contribution in [2.24, 2.45) is 5.73 Å². The maximum atomic E-state index is 6.07. The van der Waals surface area contributed by atoms with Gasteiger partial charge in [-0.3, -0.25) is 0 Å². The third-order valence-corrected chi connectivity index (χ3v) is 3.73. The smallest absolute Gasteiger partial charge is 0.0669 e. The normalized spacial score (nSPS) is 12.7. The molecule has 84 valence electrons. The lowest BCUT2D eigenvalue weighted by Gasteiger charge is -2.11. The fourth-order valence-corrected chi connectivity index (χ4v) is 2.44. The molecular weight excluding hydrogens is 265 g/mol. The Balaban J connectivity index is 2.21. The van der Waals surface area contributed by atoms with Gasteiger partial charge in [0, 0.05) is 16.1 Å². The Morgan fingerprint density at radius 3 is 2.56 bits per heavy atom. The highest BCUT2D eigenvalue weighted by Crippen LogP contribution is 2.28. The molecule has 2 aromatic rings. The molecule has 6 heteroatoms. The molecule has 1 atom stereocenters. The average Bonchev–Trinajstić information content (AvgIpc) is 2.76. The van der Waals surface area contributed by atoms with Gasteiger partial charge in [0.15, 0.2) is 0 Å². The number of halogens is 2. The van der Waals surface area contributed by atoms with E-state index in [1.165, 1.54) is 11.5 Å². The number of nitrogens with zero attached hydrogens (tertiary/aromatic N) is 2. The van der Waals surface area contributed by atoms with Crippen LogP contribution in [0.25, 0.3) is 0 Å². The van der Waals surface area contributed by atoms with Gasteiger partial charge in [-0.15, -0.1) is 5.10 Å². The zero-order chi connectivity index (χ0) is 11.5. The molecule has 2 rings (SSSR count). The van der Waals surface area contributed by atoms with E-state index in [1.54, 1.807) is 18.3 Å². The fourth-order valence-electron chi connectivity index (χ4n) is 1.39. The SMILES string of the molecule is NC(Cc1c(Cl)cccc1Cl)c1cnns1. The van der Waals surface area contributed by atoms with Crippen molar-refractivity contribution in [2.45, 2.75) is 12.5 Å². The highest BCUT2D eigenvalue weighted by atomic mass is 35.5. The summed E-state index contributed by atoms with van der Waals surface area (Å²) in [6.07, 6.45) is 2.25. The molecule has 0 fully saturated rings. The maximum absolute atomic E-state index is 6.07. The van der Waals surface area contributed by atoms with Crippen LogP contribution in [0.4, 0.5) is 0 Å². The van der Waals surface area contributed by atoms with E-state index in [1.807, 2.05) is 6.07 Å². The molecule has 0 aliphatic carbocycles. The Hall–Kier alpha value is -0.680. The van der Waals surface area contributed by atoms with E-state index in [2.05, 4.69) is 9.59 Å². The van der Waals surface area contributed by atoms with Gasteiger partial charge in [-0.2, -0.15) is 0 Å². The summed E-state index contributed by atoms with van der Waals surface area (Å²) in [7, 11) is 0. The standard InChI is InChI=1S/C10H9Cl2N3S/c11-7-2-1-3-8(12)6(7)4-9(13)10-5-14-15-16-10/h1-3,5,9H,4,13H2. The van der Waals surface area contributed by atoms with Gasteiger partial charge in [0.05, 0.1) is 11.1 Å². The van der Waals surface area contributed by atoms with Crippen molar-refractivity contribution in [3.05, 3.63) is 44.9 Å². The Bertz CT molecular complexity index is 453. The first-order valence-corrected chi connectivity index (χ1v) is 6.17.